The molecule has 1 aromatic heterocycles. The lowest BCUT2D eigenvalue weighted by atomic mass is 9.95. The van der Waals surface area contributed by atoms with E-state index in [0.29, 0.717) is 18.6 Å². The summed E-state index contributed by atoms with van der Waals surface area (Å²) in [5, 5.41) is 0. The zero-order valence-corrected chi connectivity index (χ0v) is 17.3. The van der Waals surface area contributed by atoms with Crippen LogP contribution in [0.4, 0.5) is 5.82 Å². The van der Waals surface area contributed by atoms with E-state index in [2.05, 4.69) is 50.8 Å². The van der Waals surface area contributed by atoms with Crippen molar-refractivity contribution in [2.24, 2.45) is 0 Å². The number of methoxy groups -OCH3 is 2. The van der Waals surface area contributed by atoms with Crippen LogP contribution >= 0.6 is 0 Å². The second-order valence-electron chi connectivity index (χ2n) is 8.43. The van der Waals surface area contributed by atoms with Crippen molar-refractivity contribution >= 4 is 5.82 Å². The molecule has 0 amide bonds. The number of anilines is 1. The van der Waals surface area contributed by atoms with Crippen LogP contribution in [0.1, 0.15) is 57.1 Å². The minimum absolute atomic E-state index is 0.100. The predicted molar refractivity (Wildman–Crippen MR) is 109 cm³/mol. The minimum atomic E-state index is -0.100. The molecule has 2 atom stereocenters. The smallest absolute Gasteiger partial charge is 0.136 e. The molecule has 3 rings (SSSR count). The number of rotatable bonds is 5. The molecule has 1 fully saturated rings. The van der Waals surface area contributed by atoms with E-state index in [9.17, 15) is 0 Å². The molecular formula is C22H31N3O2. The van der Waals surface area contributed by atoms with Crippen molar-refractivity contribution in [3.05, 3.63) is 47.4 Å². The molecule has 0 radical (unpaired) electrons. The highest BCUT2D eigenvalue weighted by atomic mass is 16.5. The van der Waals surface area contributed by atoms with Crippen LogP contribution in [-0.2, 0) is 16.8 Å². The van der Waals surface area contributed by atoms with Gasteiger partial charge in [0.2, 0.25) is 0 Å². The van der Waals surface area contributed by atoms with E-state index >= 15 is 0 Å². The first-order chi connectivity index (χ1) is 12.8. The third-order valence-electron chi connectivity index (χ3n) is 5.18. The molecule has 2 aromatic rings. The summed E-state index contributed by atoms with van der Waals surface area (Å²) in [6.07, 6.45) is 1.11. The van der Waals surface area contributed by atoms with E-state index in [1.165, 1.54) is 5.56 Å². The van der Waals surface area contributed by atoms with Gasteiger partial charge in [-0.3, -0.25) is 0 Å². The average molecular weight is 370 g/mol. The van der Waals surface area contributed by atoms with Crippen LogP contribution in [-0.4, -0.2) is 36.8 Å². The van der Waals surface area contributed by atoms with Crippen LogP contribution in [0, 0.1) is 0 Å². The lowest BCUT2D eigenvalue weighted by molar-refractivity contribution is 0.181. The van der Waals surface area contributed by atoms with E-state index in [1.807, 2.05) is 12.1 Å². The molecule has 1 aromatic carbocycles. The first kappa shape index (κ1) is 19.6. The monoisotopic (exact) mass is 369 g/mol. The molecule has 0 saturated carbocycles. The standard InChI is InChI=1S/C22H31N3O2/c1-15-11-17(16-7-9-19(27-6)10-8-16)13-25(15)20-12-18(14-26-5)23-21(24-20)22(2,3)4/h7-10,12,15,17H,11,13-14H2,1-6H3. The van der Waals surface area contributed by atoms with Crippen LogP contribution in [0.2, 0.25) is 0 Å². The number of aromatic nitrogens is 2. The normalized spacial score (nSPS) is 20.1. The summed E-state index contributed by atoms with van der Waals surface area (Å²) < 4.78 is 10.6. The molecular weight excluding hydrogens is 338 g/mol. The van der Waals surface area contributed by atoms with E-state index in [0.717, 1.165) is 36.1 Å². The lowest BCUT2D eigenvalue weighted by Crippen LogP contribution is -2.29. The largest absolute Gasteiger partial charge is 0.497 e. The summed E-state index contributed by atoms with van der Waals surface area (Å²) >= 11 is 0. The Kier molecular flexibility index (Phi) is 5.70. The Labute approximate surface area is 162 Å². The van der Waals surface area contributed by atoms with Crippen molar-refractivity contribution in [2.45, 2.75) is 58.1 Å². The number of benzene rings is 1. The maximum absolute atomic E-state index is 5.33. The fraction of sp³-hybridized carbons (Fsp3) is 0.545. The van der Waals surface area contributed by atoms with E-state index in [4.69, 9.17) is 19.4 Å². The molecule has 2 heterocycles. The highest BCUT2D eigenvalue weighted by Gasteiger charge is 2.32. The number of ether oxygens (including phenoxy) is 2. The second kappa shape index (κ2) is 7.85. The van der Waals surface area contributed by atoms with Crippen molar-refractivity contribution in [3.63, 3.8) is 0 Å². The molecule has 2 unspecified atom stereocenters. The molecule has 1 saturated heterocycles. The number of hydrogen-bond donors (Lipinski definition) is 0. The fourth-order valence-corrected chi connectivity index (χ4v) is 3.66. The Balaban J connectivity index is 1.87. The van der Waals surface area contributed by atoms with Crippen LogP contribution in [0.25, 0.3) is 0 Å². The summed E-state index contributed by atoms with van der Waals surface area (Å²) in [6, 6.07) is 10.9. The Morgan fingerprint density at radius 2 is 1.81 bits per heavy atom. The molecule has 5 heteroatoms. The Morgan fingerprint density at radius 3 is 2.41 bits per heavy atom. The minimum Gasteiger partial charge on any atom is -0.497 e. The lowest BCUT2D eigenvalue weighted by Gasteiger charge is -2.26. The van der Waals surface area contributed by atoms with Gasteiger partial charge in [0.05, 0.1) is 19.4 Å². The molecule has 1 aliphatic rings. The SMILES string of the molecule is COCc1cc(N2CC(c3ccc(OC)cc3)CC2C)nc(C(C)(C)C)n1. The number of nitrogens with zero attached hydrogens (tertiary/aromatic N) is 3. The van der Waals surface area contributed by atoms with Gasteiger partial charge in [-0.2, -0.15) is 0 Å². The van der Waals surface area contributed by atoms with Crippen molar-refractivity contribution in [2.75, 3.05) is 25.7 Å². The third-order valence-corrected chi connectivity index (χ3v) is 5.18. The van der Waals surface area contributed by atoms with Crippen molar-refractivity contribution in [1.29, 1.82) is 0 Å². The summed E-state index contributed by atoms with van der Waals surface area (Å²) in [4.78, 5) is 12.0. The van der Waals surface area contributed by atoms with Crippen LogP contribution in [0.5, 0.6) is 5.75 Å². The van der Waals surface area contributed by atoms with Gasteiger partial charge in [0.25, 0.3) is 0 Å². The van der Waals surface area contributed by atoms with Crippen molar-refractivity contribution < 1.29 is 9.47 Å². The van der Waals surface area contributed by atoms with Gasteiger partial charge in [-0.05, 0) is 31.0 Å². The fourth-order valence-electron chi connectivity index (χ4n) is 3.66. The van der Waals surface area contributed by atoms with Crippen LogP contribution in [0.15, 0.2) is 30.3 Å². The Morgan fingerprint density at radius 1 is 1.11 bits per heavy atom. The third kappa shape index (κ3) is 4.41. The molecule has 1 aliphatic heterocycles. The molecule has 27 heavy (non-hydrogen) atoms. The summed E-state index contributed by atoms with van der Waals surface area (Å²) in [7, 11) is 3.41. The Bertz CT molecular complexity index is 768. The van der Waals surface area contributed by atoms with Gasteiger partial charge in [-0.1, -0.05) is 32.9 Å². The molecule has 0 spiro atoms. The quantitative estimate of drug-likeness (QED) is 0.786. The van der Waals surface area contributed by atoms with Gasteiger partial charge in [0.15, 0.2) is 0 Å². The van der Waals surface area contributed by atoms with E-state index < -0.39 is 0 Å². The highest BCUT2D eigenvalue weighted by molar-refractivity contribution is 5.45. The van der Waals surface area contributed by atoms with Gasteiger partial charge in [0, 0.05) is 37.1 Å². The Hall–Kier alpha value is -2.14. The first-order valence-corrected chi connectivity index (χ1v) is 9.59. The van der Waals surface area contributed by atoms with Crippen molar-refractivity contribution in [3.8, 4) is 5.75 Å². The van der Waals surface area contributed by atoms with Gasteiger partial charge in [-0.25, -0.2) is 9.97 Å². The van der Waals surface area contributed by atoms with Gasteiger partial charge >= 0.3 is 0 Å². The summed E-state index contributed by atoms with van der Waals surface area (Å²) in [6.45, 7) is 10.2. The topological polar surface area (TPSA) is 47.5 Å². The maximum atomic E-state index is 5.33. The van der Waals surface area contributed by atoms with E-state index in [-0.39, 0.29) is 5.41 Å². The van der Waals surface area contributed by atoms with Gasteiger partial charge in [-0.15, -0.1) is 0 Å². The first-order valence-electron chi connectivity index (χ1n) is 9.59. The predicted octanol–water partition coefficient (Wildman–Crippen LogP) is 4.31. The molecule has 146 valence electrons. The maximum Gasteiger partial charge on any atom is 0.136 e. The van der Waals surface area contributed by atoms with Crippen LogP contribution in [0.3, 0.4) is 0 Å². The molecule has 0 N–H and O–H groups in total. The van der Waals surface area contributed by atoms with E-state index in [1.54, 1.807) is 14.2 Å². The van der Waals surface area contributed by atoms with Crippen LogP contribution < -0.4 is 9.64 Å². The summed E-state index contributed by atoms with van der Waals surface area (Å²) in [5.74, 6) is 3.26. The molecule has 0 bridgehead atoms. The second-order valence-corrected chi connectivity index (χ2v) is 8.43. The summed E-state index contributed by atoms with van der Waals surface area (Å²) in [5.41, 5.74) is 2.19. The number of hydrogen-bond acceptors (Lipinski definition) is 5. The zero-order chi connectivity index (χ0) is 19.6. The zero-order valence-electron chi connectivity index (χ0n) is 17.3. The molecule has 5 nitrogen and oxygen atoms in total. The highest BCUT2D eigenvalue weighted by Crippen LogP contribution is 2.35. The average Bonchev–Trinajstić information content (AvgIpc) is 3.03. The molecule has 0 aliphatic carbocycles. The van der Waals surface area contributed by atoms with Gasteiger partial charge in [0.1, 0.15) is 17.4 Å². The van der Waals surface area contributed by atoms with Crippen molar-refractivity contribution in [1.82, 2.24) is 9.97 Å². The van der Waals surface area contributed by atoms with Gasteiger partial charge < -0.3 is 14.4 Å².